The van der Waals surface area contributed by atoms with Gasteiger partial charge in [0, 0.05) is 23.6 Å². The lowest BCUT2D eigenvalue weighted by atomic mass is 10.1. The summed E-state index contributed by atoms with van der Waals surface area (Å²) in [6, 6.07) is 1.53. The van der Waals surface area contributed by atoms with Crippen molar-refractivity contribution in [3.8, 4) is 0 Å². The maximum Gasteiger partial charge on any atom is 0.153 e. The number of carbonyl (C=O) groups is 1. The van der Waals surface area contributed by atoms with Gasteiger partial charge in [-0.3, -0.25) is 4.98 Å². The molecule has 0 saturated carbocycles. The fraction of sp³-hybridized carbons (Fsp3) is 0.143. The van der Waals surface area contributed by atoms with E-state index >= 15 is 0 Å². The molecule has 0 spiro atoms. The monoisotopic (exact) mass is 152 g/mol. The smallest absolute Gasteiger partial charge is 0.153 e. The lowest BCUT2D eigenvalue weighted by Crippen LogP contribution is -2.03. The molecule has 0 radical (unpaired) electrons. The molecular weight excluding hydrogens is 144 g/mol. The van der Waals surface area contributed by atoms with Crippen LogP contribution >= 0.6 is 0 Å². The van der Waals surface area contributed by atoms with Crippen molar-refractivity contribution >= 4 is 12.0 Å². The first-order chi connectivity index (χ1) is 5.25. The number of nitrogens with two attached hydrogens (primary N) is 1. The lowest BCUT2D eigenvalue weighted by molar-refractivity contribution is -0.115. The minimum Gasteiger partial charge on any atom is -0.398 e. The number of rotatable bonds is 2. The summed E-state index contributed by atoms with van der Waals surface area (Å²) in [5, 5.41) is 9.02. The van der Waals surface area contributed by atoms with Crippen LogP contribution in [-0.4, -0.2) is 16.4 Å². The van der Waals surface area contributed by atoms with Crippen molar-refractivity contribution in [1.82, 2.24) is 4.98 Å². The van der Waals surface area contributed by atoms with Crippen LogP contribution in [-0.2, 0) is 4.79 Å². The van der Waals surface area contributed by atoms with Crippen molar-refractivity contribution in [1.29, 1.82) is 0 Å². The van der Waals surface area contributed by atoms with Gasteiger partial charge >= 0.3 is 0 Å². The first-order valence-electron chi connectivity index (χ1n) is 3.08. The van der Waals surface area contributed by atoms with Gasteiger partial charge in [-0.2, -0.15) is 0 Å². The Kier molecular flexibility index (Phi) is 2.18. The Bertz CT molecular complexity index is 262. The number of nitrogens with zero attached hydrogens (tertiary/aromatic N) is 1. The van der Waals surface area contributed by atoms with E-state index in [1.165, 1.54) is 18.5 Å². The molecule has 1 rings (SSSR count). The van der Waals surface area contributed by atoms with E-state index in [1.54, 1.807) is 0 Å². The van der Waals surface area contributed by atoms with Crippen molar-refractivity contribution in [3.05, 3.63) is 24.0 Å². The Morgan fingerprint density at radius 3 is 3.00 bits per heavy atom. The van der Waals surface area contributed by atoms with E-state index < -0.39 is 6.10 Å². The molecule has 0 saturated heterocycles. The molecule has 1 heterocycles. The predicted octanol–water partition coefficient (Wildman–Crippen LogP) is -0.104. The highest BCUT2D eigenvalue weighted by molar-refractivity contribution is 5.64. The van der Waals surface area contributed by atoms with Crippen molar-refractivity contribution in [3.63, 3.8) is 0 Å². The third-order valence-corrected chi connectivity index (χ3v) is 1.33. The van der Waals surface area contributed by atoms with Crippen LogP contribution in [0.15, 0.2) is 18.5 Å². The molecule has 1 unspecified atom stereocenters. The first-order valence-corrected chi connectivity index (χ1v) is 3.08. The number of carbonyl (C=O) groups excluding carboxylic acids is 1. The summed E-state index contributed by atoms with van der Waals surface area (Å²) in [6.07, 6.45) is 2.11. The Labute approximate surface area is 63.7 Å². The number of hydrogen-bond acceptors (Lipinski definition) is 4. The number of aliphatic hydroxyl groups is 1. The van der Waals surface area contributed by atoms with Crippen molar-refractivity contribution in [2.45, 2.75) is 6.10 Å². The molecule has 11 heavy (non-hydrogen) atoms. The van der Waals surface area contributed by atoms with Gasteiger partial charge in [-0.1, -0.05) is 0 Å². The Morgan fingerprint density at radius 1 is 1.73 bits per heavy atom. The SMILES string of the molecule is Nc1ccncc1C(O)C=O. The van der Waals surface area contributed by atoms with Crippen LogP contribution in [0, 0.1) is 0 Å². The minimum absolute atomic E-state index is 0.350. The minimum atomic E-state index is -1.16. The third kappa shape index (κ3) is 1.53. The van der Waals surface area contributed by atoms with Gasteiger partial charge in [0.05, 0.1) is 0 Å². The Balaban J connectivity index is 3.02. The van der Waals surface area contributed by atoms with Crippen molar-refractivity contribution < 1.29 is 9.90 Å². The van der Waals surface area contributed by atoms with Crippen LogP contribution in [0.5, 0.6) is 0 Å². The molecule has 0 aromatic carbocycles. The van der Waals surface area contributed by atoms with E-state index in [1.807, 2.05) is 0 Å². The number of nitrogen functional groups attached to an aromatic ring is 1. The summed E-state index contributed by atoms with van der Waals surface area (Å²) in [5.41, 5.74) is 6.16. The number of hydrogen-bond donors (Lipinski definition) is 2. The van der Waals surface area contributed by atoms with Crippen LogP contribution in [0.4, 0.5) is 5.69 Å². The molecule has 0 bridgehead atoms. The van der Waals surface area contributed by atoms with Gasteiger partial charge in [0.15, 0.2) is 6.29 Å². The van der Waals surface area contributed by atoms with Crippen LogP contribution < -0.4 is 5.73 Å². The van der Waals surface area contributed by atoms with Crippen molar-refractivity contribution in [2.24, 2.45) is 0 Å². The summed E-state index contributed by atoms with van der Waals surface area (Å²) in [4.78, 5) is 13.8. The second-order valence-electron chi connectivity index (χ2n) is 2.09. The summed E-state index contributed by atoms with van der Waals surface area (Å²) in [6.45, 7) is 0. The van der Waals surface area contributed by atoms with Gasteiger partial charge in [0.1, 0.15) is 6.10 Å². The maximum absolute atomic E-state index is 10.1. The fourth-order valence-corrected chi connectivity index (χ4v) is 0.738. The summed E-state index contributed by atoms with van der Waals surface area (Å²) >= 11 is 0. The normalized spacial score (nSPS) is 12.5. The molecule has 1 aromatic rings. The molecule has 0 fully saturated rings. The van der Waals surface area contributed by atoms with E-state index in [2.05, 4.69) is 4.98 Å². The number of pyridine rings is 1. The maximum atomic E-state index is 10.1. The topological polar surface area (TPSA) is 76.2 Å². The van der Waals surface area contributed by atoms with E-state index in [9.17, 15) is 4.79 Å². The predicted molar refractivity (Wildman–Crippen MR) is 39.7 cm³/mol. The van der Waals surface area contributed by atoms with Gasteiger partial charge in [-0.05, 0) is 6.07 Å². The van der Waals surface area contributed by atoms with Gasteiger partial charge in [0.25, 0.3) is 0 Å². The molecule has 4 heteroatoms. The molecule has 1 atom stereocenters. The molecule has 0 amide bonds. The quantitative estimate of drug-likeness (QED) is 0.580. The molecule has 4 nitrogen and oxygen atoms in total. The highest BCUT2D eigenvalue weighted by Crippen LogP contribution is 2.15. The number of aldehydes is 1. The average molecular weight is 152 g/mol. The average Bonchev–Trinajstić information content (AvgIpc) is 2.04. The number of aromatic nitrogens is 1. The molecule has 58 valence electrons. The Morgan fingerprint density at radius 2 is 2.45 bits per heavy atom. The zero-order chi connectivity index (χ0) is 8.27. The standard InChI is InChI=1S/C7H8N2O2/c8-6-1-2-9-3-5(6)7(11)4-10/h1-4,7,11H,(H2,8,9). The molecule has 0 aliphatic carbocycles. The Hall–Kier alpha value is -1.42. The highest BCUT2D eigenvalue weighted by atomic mass is 16.3. The van der Waals surface area contributed by atoms with Gasteiger partial charge in [0.2, 0.25) is 0 Å². The van der Waals surface area contributed by atoms with E-state index in [-0.39, 0.29) is 0 Å². The third-order valence-electron chi connectivity index (χ3n) is 1.33. The number of aliphatic hydroxyl groups excluding tert-OH is 1. The molecule has 1 aromatic heterocycles. The first kappa shape index (κ1) is 7.68. The van der Waals surface area contributed by atoms with Gasteiger partial charge in [-0.15, -0.1) is 0 Å². The van der Waals surface area contributed by atoms with Crippen molar-refractivity contribution in [2.75, 3.05) is 5.73 Å². The summed E-state index contributed by atoms with van der Waals surface area (Å²) < 4.78 is 0. The lowest BCUT2D eigenvalue weighted by Gasteiger charge is -2.04. The van der Waals surface area contributed by atoms with E-state index in [0.717, 1.165) is 0 Å². The summed E-state index contributed by atoms with van der Waals surface area (Å²) in [5.74, 6) is 0. The van der Waals surface area contributed by atoms with Gasteiger partial charge < -0.3 is 15.6 Å². The van der Waals surface area contributed by atoms with Crippen LogP contribution in [0.2, 0.25) is 0 Å². The van der Waals surface area contributed by atoms with Crippen LogP contribution in [0.1, 0.15) is 11.7 Å². The van der Waals surface area contributed by atoms with E-state index in [0.29, 0.717) is 17.5 Å². The zero-order valence-electron chi connectivity index (χ0n) is 5.77. The number of anilines is 1. The van der Waals surface area contributed by atoms with Crippen LogP contribution in [0.25, 0.3) is 0 Å². The molecule has 0 aliphatic heterocycles. The zero-order valence-corrected chi connectivity index (χ0v) is 5.77. The second-order valence-corrected chi connectivity index (χ2v) is 2.09. The second kappa shape index (κ2) is 3.12. The molecule has 3 N–H and O–H groups in total. The molecular formula is C7H8N2O2. The highest BCUT2D eigenvalue weighted by Gasteiger charge is 2.08. The van der Waals surface area contributed by atoms with E-state index in [4.69, 9.17) is 10.8 Å². The summed E-state index contributed by atoms with van der Waals surface area (Å²) in [7, 11) is 0. The molecule has 0 aliphatic rings. The van der Waals surface area contributed by atoms with Gasteiger partial charge in [-0.25, -0.2) is 0 Å². The fourth-order valence-electron chi connectivity index (χ4n) is 0.738. The largest absolute Gasteiger partial charge is 0.398 e. The van der Waals surface area contributed by atoms with Crippen LogP contribution in [0.3, 0.4) is 0 Å².